The van der Waals surface area contributed by atoms with Gasteiger partial charge in [0.25, 0.3) is 0 Å². The molecular formula is C21H36O6. The number of esters is 3. The summed E-state index contributed by atoms with van der Waals surface area (Å²) in [6.45, 7) is 3.37. The van der Waals surface area contributed by atoms with Crippen LogP contribution in [0.15, 0.2) is 12.2 Å². The Morgan fingerprint density at radius 1 is 0.852 bits per heavy atom. The van der Waals surface area contributed by atoms with E-state index in [0.717, 1.165) is 64.2 Å². The number of carbonyl (C=O) groups excluding carboxylic acids is 3. The van der Waals surface area contributed by atoms with Gasteiger partial charge in [0.2, 0.25) is 0 Å². The van der Waals surface area contributed by atoms with E-state index in [0.29, 0.717) is 13.0 Å². The third-order valence-electron chi connectivity index (χ3n) is 4.09. The Bertz CT molecular complexity index is 444. The number of methoxy groups -OCH3 is 1. The lowest BCUT2D eigenvalue weighted by atomic mass is 10.1. The van der Waals surface area contributed by atoms with Crippen molar-refractivity contribution in [1.29, 1.82) is 0 Å². The van der Waals surface area contributed by atoms with Crippen LogP contribution in [-0.2, 0) is 28.6 Å². The molecule has 0 aliphatic heterocycles. The molecule has 0 aromatic carbocycles. The molecule has 0 amide bonds. The number of rotatable bonds is 16. The minimum absolute atomic E-state index is 0.183. The molecule has 0 aliphatic carbocycles. The van der Waals surface area contributed by atoms with Gasteiger partial charge < -0.3 is 14.2 Å². The van der Waals surface area contributed by atoms with Crippen LogP contribution >= 0.6 is 0 Å². The van der Waals surface area contributed by atoms with Gasteiger partial charge in [0.15, 0.2) is 0 Å². The van der Waals surface area contributed by atoms with Crippen molar-refractivity contribution >= 4 is 17.9 Å². The molecule has 0 aromatic heterocycles. The van der Waals surface area contributed by atoms with Gasteiger partial charge in [0.1, 0.15) is 6.10 Å². The number of allylic oxidation sites excluding steroid dienone is 1. The number of hydrogen-bond acceptors (Lipinski definition) is 6. The number of hydrogen-bond donors (Lipinski definition) is 0. The zero-order chi connectivity index (χ0) is 20.3. The summed E-state index contributed by atoms with van der Waals surface area (Å²) in [6.07, 6.45) is 14.0. The van der Waals surface area contributed by atoms with E-state index in [1.807, 2.05) is 6.08 Å². The van der Waals surface area contributed by atoms with Crippen molar-refractivity contribution in [3.05, 3.63) is 12.2 Å². The Morgan fingerprint density at radius 3 is 2.19 bits per heavy atom. The van der Waals surface area contributed by atoms with Crippen molar-refractivity contribution in [3.8, 4) is 0 Å². The van der Waals surface area contributed by atoms with Gasteiger partial charge >= 0.3 is 17.9 Å². The van der Waals surface area contributed by atoms with E-state index >= 15 is 0 Å². The molecule has 1 atom stereocenters. The fraction of sp³-hybridized carbons (Fsp3) is 0.762. The monoisotopic (exact) mass is 384 g/mol. The molecule has 6 heteroatoms. The predicted octanol–water partition coefficient (Wildman–Crippen LogP) is 4.50. The molecule has 0 unspecified atom stereocenters. The number of unbranched alkanes of at least 4 members (excludes halogenated alkanes) is 7. The second-order valence-corrected chi connectivity index (χ2v) is 6.65. The van der Waals surface area contributed by atoms with Crippen LogP contribution < -0.4 is 0 Å². The summed E-state index contributed by atoms with van der Waals surface area (Å²) in [5.74, 6) is -0.671. The fourth-order valence-electron chi connectivity index (χ4n) is 2.66. The Kier molecular flexibility index (Phi) is 16.4. The topological polar surface area (TPSA) is 78.9 Å². The molecule has 0 N–H and O–H groups in total. The molecule has 0 heterocycles. The molecule has 156 valence electrons. The highest BCUT2D eigenvalue weighted by atomic mass is 16.5. The van der Waals surface area contributed by atoms with E-state index in [1.165, 1.54) is 21.0 Å². The van der Waals surface area contributed by atoms with Gasteiger partial charge in [-0.2, -0.15) is 0 Å². The Balaban J connectivity index is 3.80. The van der Waals surface area contributed by atoms with Crippen LogP contribution in [0.2, 0.25) is 0 Å². The highest BCUT2D eigenvalue weighted by Crippen LogP contribution is 2.12. The second-order valence-electron chi connectivity index (χ2n) is 6.65. The van der Waals surface area contributed by atoms with Gasteiger partial charge in [-0.3, -0.25) is 14.4 Å². The summed E-state index contributed by atoms with van der Waals surface area (Å²) in [4.78, 5) is 32.9. The minimum atomic E-state index is -0.271. The first-order valence-corrected chi connectivity index (χ1v) is 9.99. The molecule has 0 aromatic rings. The highest BCUT2D eigenvalue weighted by Gasteiger charge is 2.08. The third kappa shape index (κ3) is 18.7. The largest absolute Gasteiger partial charge is 0.469 e. The van der Waals surface area contributed by atoms with Crippen LogP contribution in [-0.4, -0.2) is 37.7 Å². The van der Waals surface area contributed by atoms with Crippen LogP contribution in [0.3, 0.4) is 0 Å². The third-order valence-corrected chi connectivity index (χ3v) is 4.09. The van der Waals surface area contributed by atoms with Crippen LogP contribution in [0, 0.1) is 0 Å². The highest BCUT2D eigenvalue weighted by molar-refractivity contribution is 5.69. The predicted molar refractivity (Wildman–Crippen MR) is 104 cm³/mol. The zero-order valence-electron chi connectivity index (χ0n) is 17.2. The van der Waals surface area contributed by atoms with Crippen LogP contribution in [0.25, 0.3) is 0 Å². The molecule has 0 fully saturated rings. The van der Waals surface area contributed by atoms with Gasteiger partial charge in [-0.1, -0.05) is 31.8 Å². The maximum atomic E-state index is 11.2. The molecule has 0 saturated carbocycles. The smallest absolute Gasteiger partial charge is 0.305 e. The average molecular weight is 385 g/mol. The molecule has 0 aliphatic rings. The van der Waals surface area contributed by atoms with Gasteiger partial charge in [-0.15, -0.1) is 0 Å². The first kappa shape index (κ1) is 25.1. The molecule has 0 spiro atoms. The van der Waals surface area contributed by atoms with Gasteiger partial charge in [-0.05, 0) is 44.6 Å². The summed E-state index contributed by atoms with van der Waals surface area (Å²) < 4.78 is 14.8. The first-order chi connectivity index (χ1) is 13.0. The molecule has 0 radical (unpaired) electrons. The Hall–Kier alpha value is -1.85. The maximum Gasteiger partial charge on any atom is 0.305 e. The standard InChI is InChI=1S/C21H36O6/c1-18(22)26-17-13-8-6-4-5-7-10-14-20(27-19(2)23)15-11-9-12-16-21(24)25-3/h10,14,20H,4-9,11-13,15-17H2,1-3H3/b14-10-/t20-/m1/s1. The van der Waals surface area contributed by atoms with E-state index in [2.05, 4.69) is 10.8 Å². The number of ether oxygens (including phenoxy) is 3. The molecule has 0 rings (SSSR count). The summed E-state index contributed by atoms with van der Waals surface area (Å²) in [7, 11) is 1.40. The van der Waals surface area contributed by atoms with Crippen molar-refractivity contribution in [2.75, 3.05) is 13.7 Å². The van der Waals surface area contributed by atoms with Crippen LogP contribution in [0.5, 0.6) is 0 Å². The summed E-state index contributed by atoms with van der Waals surface area (Å²) >= 11 is 0. The lowest BCUT2D eigenvalue weighted by Crippen LogP contribution is -2.13. The Morgan fingerprint density at radius 2 is 1.52 bits per heavy atom. The lowest BCUT2D eigenvalue weighted by molar-refractivity contribution is -0.144. The molecule has 6 nitrogen and oxygen atoms in total. The molecule has 27 heavy (non-hydrogen) atoms. The maximum absolute atomic E-state index is 11.2. The van der Waals surface area contributed by atoms with Crippen LogP contribution in [0.4, 0.5) is 0 Å². The number of carbonyl (C=O) groups is 3. The van der Waals surface area contributed by atoms with Crippen molar-refractivity contribution in [2.24, 2.45) is 0 Å². The van der Waals surface area contributed by atoms with E-state index in [9.17, 15) is 14.4 Å². The van der Waals surface area contributed by atoms with E-state index in [-0.39, 0.29) is 24.0 Å². The normalized spacial score (nSPS) is 12.0. The molecule has 0 bridgehead atoms. The van der Waals surface area contributed by atoms with Gasteiger partial charge in [0.05, 0.1) is 13.7 Å². The van der Waals surface area contributed by atoms with Gasteiger partial charge in [-0.25, -0.2) is 0 Å². The van der Waals surface area contributed by atoms with E-state index in [4.69, 9.17) is 9.47 Å². The quantitative estimate of drug-likeness (QED) is 0.169. The SMILES string of the molecule is COC(=O)CCCCC[C@@H](/C=C\CCCCCCCOC(C)=O)OC(C)=O. The minimum Gasteiger partial charge on any atom is -0.469 e. The van der Waals surface area contributed by atoms with Crippen molar-refractivity contribution in [1.82, 2.24) is 0 Å². The second kappa shape index (κ2) is 17.6. The van der Waals surface area contributed by atoms with Crippen molar-refractivity contribution in [3.63, 3.8) is 0 Å². The summed E-state index contributed by atoms with van der Waals surface area (Å²) in [5.41, 5.74) is 0. The molecule has 0 saturated heterocycles. The van der Waals surface area contributed by atoms with Gasteiger partial charge in [0, 0.05) is 20.3 Å². The lowest BCUT2D eigenvalue weighted by Gasteiger charge is -2.13. The van der Waals surface area contributed by atoms with E-state index in [1.54, 1.807) is 0 Å². The Labute approximate surface area is 163 Å². The fourth-order valence-corrected chi connectivity index (χ4v) is 2.66. The van der Waals surface area contributed by atoms with Crippen molar-refractivity contribution in [2.45, 2.75) is 90.6 Å². The summed E-state index contributed by atoms with van der Waals surface area (Å²) in [6, 6.07) is 0. The van der Waals surface area contributed by atoms with Crippen LogP contribution in [0.1, 0.15) is 84.5 Å². The van der Waals surface area contributed by atoms with E-state index < -0.39 is 0 Å². The summed E-state index contributed by atoms with van der Waals surface area (Å²) in [5, 5.41) is 0. The molecular weight excluding hydrogens is 348 g/mol. The zero-order valence-corrected chi connectivity index (χ0v) is 17.2. The first-order valence-electron chi connectivity index (χ1n) is 9.99. The van der Waals surface area contributed by atoms with Crippen molar-refractivity contribution < 1.29 is 28.6 Å². The average Bonchev–Trinajstić information content (AvgIpc) is 2.61.